The lowest BCUT2D eigenvalue weighted by molar-refractivity contribution is 0.134. The first kappa shape index (κ1) is 14.6. The molecule has 0 aliphatic heterocycles. The van der Waals surface area contributed by atoms with E-state index in [1.807, 2.05) is 6.07 Å². The monoisotopic (exact) mass is 264 g/mol. The van der Waals surface area contributed by atoms with Crippen LogP contribution in [-0.4, -0.2) is 30.6 Å². The van der Waals surface area contributed by atoms with Crippen LogP contribution in [0.15, 0.2) is 22.8 Å². The summed E-state index contributed by atoms with van der Waals surface area (Å²) in [7, 11) is 0. The Balaban J connectivity index is 1.94. The topological polar surface area (TPSA) is 28.4 Å². The minimum absolute atomic E-state index is 0.352. The largest absolute Gasteiger partial charge is 0.468 e. The predicted molar refractivity (Wildman–Crippen MR) is 79.1 cm³/mol. The lowest BCUT2D eigenvalue weighted by Crippen LogP contribution is -2.42. The summed E-state index contributed by atoms with van der Waals surface area (Å²) in [5.41, 5.74) is 0.352. The normalized spacial score (nSPS) is 18.7. The van der Waals surface area contributed by atoms with Crippen molar-refractivity contribution in [2.45, 2.75) is 52.6 Å². The number of rotatable bonds is 9. The summed E-state index contributed by atoms with van der Waals surface area (Å²) in [5.74, 6) is 1.09. The molecule has 3 heteroatoms. The third kappa shape index (κ3) is 4.36. The summed E-state index contributed by atoms with van der Waals surface area (Å²) >= 11 is 0. The van der Waals surface area contributed by atoms with E-state index in [0.717, 1.165) is 38.0 Å². The quantitative estimate of drug-likeness (QED) is 0.742. The van der Waals surface area contributed by atoms with Gasteiger partial charge in [0.1, 0.15) is 5.76 Å². The van der Waals surface area contributed by atoms with Crippen LogP contribution in [0.4, 0.5) is 0 Å². The van der Waals surface area contributed by atoms with Crippen molar-refractivity contribution in [3.05, 3.63) is 24.2 Å². The Morgan fingerprint density at radius 3 is 2.74 bits per heavy atom. The maximum atomic E-state index is 5.51. The molecule has 1 atom stereocenters. The first-order chi connectivity index (χ1) is 9.17. The van der Waals surface area contributed by atoms with Gasteiger partial charge in [0.2, 0.25) is 0 Å². The summed E-state index contributed by atoms with van der Waals surface area (Å²) < 4.78 is 5.51. The molecule has 0 bridgehead atoms. The van der Waals surface area contributed by atoms with Gasteiger partial charge >= 0.3 is 0 Å². The highest BCUT2D eigenvalue weighted by Crippen LogP contribution is 2.32. The molecule has 1 fully saturated rings. The van der Waals surface area contributed by atoms with Crippen molar-refractivity contribution >= 4 is 0 Å². The first-order valence-electron chi connectivity index (χ1n) is 7.64. The molecule has 0 radical (unpaired) electrons. The Morgan fingerprint density at radius 2 is 2.21 bits per heavy atom. The van der Waals surface area contributed by atoms with Gasteiger partial charge in [0, 0.05) is 19.1 Å². The third-order valence-corrected chi connectivity index (χ3v) is 4.24. The van der Waals surface area contributed by atoms with Crippen molar-refractivity contribution in [1.82, 2.24) is 10.2 Å². The van der Waals surface area contributed by atoms with Gasteiger partial charge in [-0.25, -0.2) is 0 Å². The fourth-order valence-electron chi connectivity index (χ4n) is 2.57. The zero-order valence-corrected chi connectivity index (χ0v) is 12.6. The Kier molecular flexibility index (Phi) is 5.06. The lowest BCUT2D eigenvalue weighted by Gasteiger charge is -2.35. The molecule has 0 aromatic carbocycles. The molecular weight excluding hydrogens is 236 g/mol. The van der Waals surface area contributed by atoms with Crippen LogP contribution in [-0.2, 0) is 6.54 Å². The first-order valence-corrected chi connectivity index (χ1v) is 7.64. The van der Waals surface area contributed by atoms with Gasteiger partial charge in [-0.1, -0.05) is 20.8 Å². The summed E-state index contributed by atoms with van der Waals surface area (Å²) in [5, 5.41) is 3.51. The van der Waals surface area contributed by atoms with E-state index >= 15 is 0 Å². The highest BCUT2D eigenvalue weighted by molar-refractivity contribution is 5.00. The average molecular weight is 264 g/mol. The second-order valence-corrected chi connectivity index (χ2v) is 6.16. The van der Waals surface area contributed by atoms with Crippen molar-refractivity contribution in [1.29, 1.82) is 0 Å². The SMILES string of the molecule is CCNCC(C)(CC)CN(Cc1ccco1)C1CC1. The van der Waals surface area contributed by atoms with Gasteiger partial charge in [0.15, 0.2) is 0 Å². The van der Waals surface area contributed by atoms with Gasteiger partial charge in [-0.3, -0.25) is 4.90 Å². The Labute approximate surface area is 117 Å². The predicted octanol–water partition coefficient (Wildman–Crippen LogP) is 3.27. The molecule has 1 aromatic heterocycles. The van der Waals surface area contributed by atoms with Crippen molar-refractivity contribution in [2.24, 2.45) is 5.41 Å². The van der Waals surface area contributed by atoms with Crippen LogP contribution in [0.3, 0.4) is 0 Å². The maximum absolute atomic E-state index is 5.51. The zero-order valence-electron chi connectivity index (χ0n) is 12.6. The van der Waals surface area contributed by atoms with Crippen LogP contribution in [0.2, 0.25) is 0 Å². The Bertz CT molecular complexity index is 359. The van der Waals surface area contributed by atoms with Crippen molar-refractivity contribution in [3.63, 3.8) is 0 Å². The van der Waals surface area contributed by atoms with E-state index in [0.29, 0.717) is 5.41 Å². The fourth-order valence-corrected chi connectivity index (χ4v) is 2.57. The van der Waals surface area contributed by atoms with Crippen LogP contribution in [0, 0.1) is 5.41 Å². The molecule has 0 spiro atoms. The molecule has 1 aromatic rings. The van der Waals surface area contributed by atoms with E-state index in [4.69, 9.17) is 4.42 Å². The van der Waals surface area contributed by atoms with Gasteiger partial charge < -0.3 is 9.73 Å². The molecule has 19 heavy (non-hydrogen) atoms. The molecule has 0 amide bonds. The highest BCUT2D eigenvalue weighted by atomic mass is 16.3. The minimum atomic E-state index is 0.352. The number of nitrogens with one attached hydrogen (secondary N) is 1. The van der Waals surface area contributed by atoms with E-state index < -0.39 is 0 Å². The molecule has 1 aliphatic rings. The van der Waals surface area contributed by atoms with Gasteiger partial charge in [-0.15, -0.1) is 0 Å². The van der Waals surface area contributed by atoms with Gasteiger partial charge in [0.05, 0.1) is 12.8 Å². The molecule has 108 valence electrons. The maximum Gasteiger partial charge on any atom is 0.117 e. The molecule has 1 heterocycles. The van der Waals surface area contributed by atoms with E-state index in [-0.39, 0.29) is 0 Å². The van der Waals surface area contributed by atoms with Gasteiger partial charge in [-0.05, 0) is 43.4 Å². The summed E-state index contributed by atoms with van der Waals surface area (Å²) in [6, 6.07) is 4.85. The van der Waals surface area contributed by atoms with E-state index in [9.17, 15) is 0 Å². The average Bonchev–Trinajstić information content (AvgIpc) is 3.14. The second-order valence-electron chi connectivity index (χ2n) is 6.16. The highest BCUT2D eigenvalue weighted by Gasteiger charge is 2.34. The minimum Gasteiger partial charge on any atom is -0.468 e. The van der Waals surface area contributed by atoms with Crippen LogP contribution >= 0.6 is 0 Å². The van der Waals surface area contributed by atoms with Crippen LogP contribution in [0.5, 0.6) is 0 Å². The third-order valence-electron chi connectivity index (χ3n) is 4.24. The Hall–Kier alpha value is -0.800. The van der Waals surface area contributed by atoms with Crippen LogP contribution < -0.4 is 5.32 Å². The molecular formula is C16H28N2O. The number of hydrogen-bond acceptors (Lipinski definition) is 3. The molecule has 1 unspecified atom stereocenters. The summed E-state index contributed by atoms with van der Waals surface area (Å²) in [4.78, 5) is 2.61. The smallest absolute Gasteiger partial charge is 0.117 e. The summed E-state index contributed by atoms with van der Waals surface area (Å²) in [6.07, 6.45) is 5.68. The molecule has 2 rings (SSSR count). The van der Waals surface area contributed by atoms with Crippen molar-refractivity contribution < 1.29 is 4.42 Å². The van der Waals surface area contributed by atoms with E-state index in [1.54, 1.807) is 6.26 Å². The van der Waals surface area contributed by atoms with Gasteiger partial charge in [0.25, 0.3) is 0 Å². The van der Waals surface area contributed by atoms with E-state index in [1.165, 1.54) is 19.3 Å². The van der Waals surface area contributed by atoms with Crippen molar-refractivity contribution in [2.75, 3.05) is 19.6 Å². The molecule has 3 nitrogen and oxygen atoms in total. The molecule has 1 N–H and O–H groups in total. The fraction of sp³-hybridized carbons (Fsp3) is 0.750. The zero-order chi connectivity index (χ0) is 13.7. The summed E-state index contributed by atoms with van der Waals surface area (Å²) in [6.45, 7) is 11.1. The van der Waals surface area contributed by atoms with Crippen LogP contribution in [0.25, 0.3) is 0 Å². The molecule has 0 saturated heterocycles. The second kappa shape index (κ2) is 6.58. The number of nitrogens with zero attached hydrogens (tertiary/aromatic N) is 1. The number of hydrogen-bond donors (Lipinski definition) is 1. The van der Waals surface area contributed by atoms with E-state index in [2.05, 4.69) is 37.1 Å². The Morgan fingerprint density at radius 1 is 1.42 bits per heavy atom. The lowest BCUT2D eigenvalue weighted by atomic mass is 9.86. The number of furan rings is 1. The van der Waals surface area contributed by atoms with Crippen molar-refractivity contribution in [3.8, 4) is 0 Å². The molecule has 1 saturated carbocycles. The molecule has 1 aliphatic carbocycles. The standard InChI is InChI=1S/C16H28N2O/c1-4-16(3,12-17-5-2)13-18(14-8-9-14)11-15-7-6-10-19-15/h6-7,10,14,17H,4-5,8-9,11-13H2,1-3H3. The van der Waals surface area contributed by atoms with Gasteiger partial charge in [-0.2, -0.15) is 0 Å². The van der Waals surface area contributed by atoms with Crippen LogP contribution in [0.1, 0.15) is 45.8 Å².